The SMILES string of the molecule is C[N@+]1(Cc2ccccc2)CCC[C@H](NC(=O)C(c2ccccc2)c2ccccc2)C1. The maximum atomic E-state index is 13.5. The van der Waals surface area contributed by atoms with Gasteiger partial charge in [-0.3, -0.25) is 4.79 Å². The standard InChI is InChI=1S/C27H30N2O/c1-29(20-22-12-5-2-6-13-22)19-11-18-25(21-29)28-27(30)26(23-14-7-3-8-15-23)24-16-9-4-10-17-24/h2-10,12-17,25-26H,11,18-21H2,1H3/p+1/t25-,29+/m0/s1. The number of nitrogens with one attached hydrogen (secondary N) is 1. The van der Waals surface area contributed by atoms with E-state index in [0.717, 1.165) is 48.1 Å². The summed E-state index contributed by atoms with van der Waals surface area (Å²) in [5.41, 5.74) is 3.44. The number of carbonyl (C=O) groups excluding carboxylic acids is 1. The van der Waals surface area contributed by atoms with E-state index in [-0.39, 0.29) is 17.9 Å². The fourth-order valence-electron chi connectivity index (χ4n) is 4.79. The van der Waals surface area contributed by atoms with E-state index in [1.165, 1.54) is 5.56 Å². The normalized spacial score (nSPS) is 21.3. The minimum atomic E-state index is -0.276. The number of hydrogen-bond acceptors (Lipinski definition) is 1. The van der Waals surface area contributed by atoms with Gasteiger partial charge in [-0.1, -0.05) is 91.0 Å². The molecule has 3 aromatic carbocycles. The summed E-state index contributed by atoms with van der Waals surface area (Å²) in [5.74, 6) is -0.173. The predicted molar refractivity (Wildman–Crippen MR) is 122 cm³/mol. The van der Waals surface area contributed by atoms with Crippen molar-refractivity contribution in [1.29, 1.82) is 0 Å². The summed E-state index contributed by atoms with van der Waals surface area (Å²) >= 11 is 0. The number of quaternary nitrogens is 1. The average Bonchev–Trinajstić information content (AvgIpc) is 2.76. The molecule has 1 aliphatic rings. The molecule has 3 heteroatoms. The topological polar surface area (TPSA) is 29.1 Å². The lowest BCUT2D eigenvalue weighted by Gasteiger charge is -2.42. The van der Waals surface area contributed by atoms with Crippen LogP contribution in [0, 0.1) is 0 Å². The van der Waals surface area contributed by atoms with Gasteiger partial charge in [0.15, 0.2) is 0 Å². The fraction of sp³-hybridized carbons (Fsp3) is 0.296. The first-order valence-corrected chi connectivity index (χ1v) is 10.9. The smallest absolute Gasteiger partial charge is 0.232 e. The van der Waals surface area contributed by atoms with E-state index in [2.05, 4.69) is 42.7 Å². The lowest BCUT2D eigenvalue weighted by Crippen LogP contribution is -2.57. The zero-order valence-electron chi connectivity index (χ0n) is 17.7. The third-order valence-corrected chi connectivity index (χ3v) is 6.19. The molecular weight excluding hydrogens is 368 g/mol. The Morgan fingerprint density at radius 3 is 2.00 bits per heavy atom. The molecule has 0 saturated carbocycles. The number of rotatable bonds is 6. The molecular formula is C27H31N2O+. The number of amides is 1. The molecule has 0 aromatic heterocycles. The van der Waals surface area contributed by atoms with Gasteiger partial charge < -0.3 is 9.80 Å². The van der Waals surface area contributed by atoms with Crippen molar-refractivity contribution in [3.8, 4) is 0 Å². The van der Waals surface area contributed by atoms with E-state index in [1.54, 1.807) is 0 Å². The highest BCUT2D eigenvalue weighted by Crippen LogP contribution is 2.26. The first-order chi connectivity index (χ1) is 14.6. The van der Waals surface area contributed by atoms with E-state index < -0.39 is 0 Å². The van der Waals surface area contributed by atoms with Gasteiger partial charge in [-0.25, -0.2) is 0 Å². The third-order valence-electron chi connectivity index (χ3n) is 6.19. The summed E-state index contributed by atoms with van der Waals surface area (Å²) < 4.78 is 0.969. The van der Waals surface area contributed by atoms with Crippen LogP contribution >= 0.6 is 0 Å². The first kappa shape index (κ1) is 20.4. The molecule has 1 N–H and O–H groups in total. The second-order valence-electron chi connectivity index (χ2n) is 8.77. The second-order valence-corrected chi connectivity index (χ2v) is 8.77. The van der Waals surface area contributed by atoms with Gasteiger partial charge in [-0.05, 0) is 24.0 Å². The van der Waals surface area contributed by atoms with Crippen LogP contribution in [0.3, 0.4) is 0 Å². The fourth-order valence-corrected chi connectivity index (χ4v) is 4.79. The number of piperidine rings is 1. The molecule has 2 atom stereocenters. The Kier molecular flexibility index (Phi) is 6.29. The van der Waals surface area contributed by atoms with Gasteiger partial charge in [-0.2, -0.15) is 0 Å². The summed E-state index contributed by atoms with van der Waals surface area (Å²) in [5, 5.41) is 3.40. The number of likely N-dealkylation sites (N-methyl/N-ethyl adjacent to an activating group) is 1. The Morgan fingerprint density at radius 1 is 0.900 bits per heavy atom. The van der Waals surface area contributed by atoms with Crippen molar-refractivity contribution >= 4 is 5.91 Å². The average molecular weight is 400 g/mol. The molecule has 1 amide bonds. The molecule has 0 radical (unpaired) electrons. The monoisotopic (exact) mass is 399 g/mol. The zero-order valence-corrected chi connectivity index (χ0v) is 17.7. The summed E-state index contributed by atoms with van der Waals surface area (Å²) in [7, 11) is 2.32. The van der Waals surface area contributed by atoms with Crippen molar-refractivity contribution in [3.05, 3.63) is 108 Å². The Morgan fingerprint density at radius 2 is 1.43 bits per heavy atom. The van der Waals surface area contributed by atoms with Crippen LogP contribution in [0.5, 0.6) is 0 Å². The Hall–Kier alpha value is -2.91. The van der Waals surface area contributed by atoms with Gasteiger partial charge in [0.05, 0.1) is 32.1 Å². The van der Waals surface area contributed by atoms with Crippen LogP contribution in [-0.2, 0) is 11.3 Å². The largest absolute Gasteiger partial charge is 0.347 e. The maximum absolute atomic E-state index is 13.5. The molecule has 0 spiro atoms. The predicted octanol–water partition coefficient (Wildman–Crippen LogP) is 4.74. The van der Waals surface area contributed by atoms with Gasteiger partial charge in [-0.15, -0.1) is 0 Å². The molecule has 1 aliphatic heterocycles. The summed E-state index contributed by atoms with van der Waals surface area (Å²) in [6, 6.07) is 31.1. The Bertz CT molecular complexity index is 903. The van der Waals surface area contributed by atoms with Crippen LogP contribution in [0.1, 0.15) is 35.4 Å². The highest BCUT2D eigenvalue weighted by Gasteiger charge is 2.34. The molecule has 0 aliphatic carbocycles. The number of likely N-dealkylation sites (tertiary alicyclic amines) is 1. The van der Waals surface area contributed by atoms with Gasteiger partial charge in [0.1, 0.15) is 6.54 Å². The van der Waals surface area contributed by atoms with Gasteiger partial charge >= 0.3 is 0 Å². The minimum Gasteiger partial charge on any atom is -0.347 e. The van der Waals surface area contributed by atoms with E-state index in [4.69, 9.17) is 0 Å². The zero-order chi connectivity index (χ0) is 20.8. The number of benzene rings is 3. The van der Waals surface area contributed by atoms with Crippen molar-refractivity contribution in [2.75, 3.05) is 20.1 Å². The lowest BCUT2D eigenvalue weighted by atomic mass is 9.90. The quantitative estimate of drug-likeness (QED) is 0.596. The van der Waals surface area contributed by atoms with Crippen LogP contribution in [0.2, 0.25) is 0 Å². The molecule has 1 fully saturated rings. The van der Waals surface area contributed by atoms with Crippen LogP contribution in [-0.4, -0.2) is 36.6 Å². The van der Waals surface area contributed by atoms with Crippen LogP contribution in [0.25, 0.3) is 0 Å². The van der Waals surface area contributed by atoms with Crippen molar-refractivity contribution in [3.63, 3.8) is 0 Å². The summed E-state index contributed by atoms with van der Waals surface area (Å²) in [6.07, 6.45) is 2.18. The summed E-state index contributed by atoms with van der Waals surface area (Å²) in [6.45, 7) is 3.13. The van der Waals surface area contributed by atoms with Gasteiger partial charge in [0, 0.05) is 5.56 Å². The van der Waals surface area contributed by atoms with Crippen molar-refractivity contribution in [1.82, 2.24) is 5.32 Å². The molecule has 3 nitrogen and oxygen atoms in total. The van der Waals surface area contributed by atoms with Crippen LogP contribution in [0.15, 0.2) is 91.0 Å². The number of hydrogen-bond donors (Lipinski definition) is 1. The molecule has 3 aromatic rings. The molecule has 0 bridgehead atoms. The third kappa shape index (κ3) is 4.98. The lowest BCUT2D eigenvalue weighted by molar-refractivity contribution is -0.927. The highest BCUT2D eigenvalue weighted by molar-refractivity contribution is 5.87. The van der Waals surface area contributed by atoms with Crippen molar-refractivity contribution < 1.29 is 9.28 Å². The number of nitrogens with zero attached hydrogens (tertiary/aromatic N) is 1. The van der Waals surface area contributed by atoms with E-state index in [0.29, 0.717) is 0 Å². The maximum Gasteiger partial charge on any atom is 0.232 e. The van der Waals surface area contributed by atoms with Crippen molar-refractivity contribution in [2.45, 2.75) is 31.3 Å². The molecule has 1 heterocycles. The van der Waals surface area contributed by atoms with E-state index in [1.807, 2.05) is 60.7 Å². The highest BCUT2D eigenvalue weighted by atomic mass is 16.2. The van der Waals surface area contributed by atoms with E-state index >= 15 is 0 Å². The molecule has 30 heavy (non-hydrogen) atoms. The van der Waals surface area contributed by atoms with Gasteiger partial charge in [0.25, 0.3) is 0 Å². The van der Waals surface area contributed by atoms with E-state index in [9.17, 15) is 4.79 Å². The molecule has 1 saturated heterocycles. The van der Waals surface area contributed by atoms with Gasteiger partial charge in [0.2, 0.25) is 5.91 Å². The molecule has 0 unspecified atom stereocenters. The van der Waals surface area contributed by atoms with Crippen LogP contribution < -0.4 is 5.32 Å². The Labute approximate surface area is 180 Å². The summed E-state index contributed by atoms with van der Waals surface area (Å²) in [4.78, 5) is 13.5. The number of carbonyl (C=O) groups is 1. The Balaban J connectivity index is 1.49. The molecule has 154 valence electrons. The second kappa shape index (κ2) is 9.27. The van der Waals surface area contributed by atoms with Crippen molar-refractivity contribution in [2.24, 2.45) is 0 Å². The first-order valence-electron chi connectivity index (χ1n) is 10.9. The molecule has 4 rings (SSSR count). The van der Waals surface area contributed by atoms with Crippen LogP contribution in [0.4, 0.5) is 0 Å². The minimum absolute atomic E-state index is 0.102.